The van der Waals surface area contributed by atoms with Crippen LogP contribution >= 0.6 is 11.3 Å². The predicted octanol–water partition coefficient (Wildman–Crippen LogP) is 5.38. The van der Waals surface area contributed by atoms with E-state index >= 15 is 0 Å². The topological polar surface area (TPSA) is 101 Å². The van der Waals surface area contributed by atoms with Gasteiger partial charge in [0, 0.05) is 17.7 Å². The average molecular weight is 517 g/mol. The number of esters is 1. The van der Waals surface area contributed by atoms with Crippen LogP contribution in [0.25, 0.3) is 10.9 Å². The molecule has 1 aromatic heterocycles. The molecule has 0 fully saturated rings. The van der Waals surface area contributed by atoms with E-state index in [0.717, 1.165) is 35.4 Å². The summed E-state index contributed by atoms with van der Waals surface area (Å²) < 4.78 is 5.81. The zero-order valence-corrected chi connectivity index (χ0v) is 23.1. The van der Waals surface area contributed by atoms with Crippen molar-refractivity contribution >= 4 is 29.2 Å². The molecule has 0 saturated heterocycles. The van der Waals surface area contributed by atoms with E-state index in [2.05, 4.69) is 15.9 Å². The van der Waals surface area contributed by atoms with Gasteiger partial charge in [0.15, 0.2) is 5.01 Å². The summed E-state index contributed by atoms with van der Waals surface area (Å²) in [6.45, 7) is 18.0. The molecule has 0 aromatic carbocycles. The second kappa shape index (κ2) is 13.3. The minimum atomic E-state index is -1.24. The van der Waals surface area contributed by atoms with Crippen molar-refractivity contribution in [2.24, 2.45) is 17.3 Å². The number of hydrogen-bond acceptors (Lipinski definition) is 7. The number of ketones is 1. The number of allylic oxidation sites excluding steroid dienone is 1. The molecule has 1 aliphatic heterocycles. The fourth-order valence-electron chi connectivity index (χ4n) is 4.49. The van der Waals surface area contributed by atoms with Crippen LogP contribution in [-0.4, -0.2) is 45.3 Å². The molecule has 198 valence electrons. The zero-order chi connectivity index (χ0) is 27.0. The van der Waals surface area contributed by atoms with Crippen LogP contribution in [0.3, 0.4) is 0 Å². The van der Waals surface area contributed by atoms with Gasteiger partial charge < -0.3 is 19.8 Å². The van der Waals surface area contributed by atoms with Crippen LogP contribution in [0, 0.1) is 23.8 Å². The number of rotatable bonds is 3. The molecule has 0 saturated carbocycles. The van der Waals surface area contributed by atoms with Crippen LogP contribution < -0.4 is 0 Å². The summed E-state index contributed by atoms with van der Waals surface area (Å²) in [6.07, 6.45) is 3.98. The maximum Gasteiger partial charge on any atom is 0.309 e. The molecule has 1 aromatic rings. The average Bonchev–Trinajstić information content (AvgIpc) is 3.26. The van der Waals surface area contributed by atoms with Gasteiger partial charge in [-0.25, -0.2) is 11.6 Å². The van der Waals surface area contributed by atoms with Crippen molar-refractivity contribution in [2.75, 3.05) is 0 Å². The van der Waals surface area contributed by atoms with E-state index in [1.54, 1.807) is 20.8 Å². The fraction of sp³-hybridized carbons (Fsp3) is 0.643. The molecule has 5 atom stereocenters. The highest BCUT2D eigenvalue weighted by Gasteiger charge is 2.42. The lowest BCUT2D eigenvalue weighted by Gasteiger charge is -2.34. The van der Waals surface area contributed by atoms with Gasteiger partial charge in [0.2, 0.25) is 0 Å². The van der Waals surface area contributed by atoms with E-state index in [9.17, 15) is 19.8 Å². The first-order valence-corrected chi connectivity index (χ1v) is 13.5. The maximum atomic E-state index is 13.2. The van der Waals surface area contributed by atoms with Gasteiger partial charge in [-0.2, -0.15) is 0 Å². The lowest BCUT2D eigenvalue weighted by molar-refractivity contribution is -0.154. The van der Waals surface area contributed by atoms with Crippen molar-refractivity contribution in [3.63, 3.8) is 0 Å². The first-order valence-electron chi connectivity index (χ1n) is 12.6. The third kappa shape index (κ3) is 8.09. The van der Waals surface area contributed by atoms with Crippen molar-refractivity contribution in [2.45, 2.75) is 98.5 Å². The van der Waals surface area contributed by atoms with Crippen molar-refractivity contribution in [1.82, 2.24) is 4.98 Å². The number of ether oxygens (including phenoxy) is 1. The molecule has 1 aliphatic rings. The van der Waals surface area contributed by atoms with E-state index in [4.69, 9.17) is 11.3 Å². The molecule has 8 heteroatoms. The molecule has 2 N–H and O–H groups in total. The third-order valence-corrected chi connectivity index (χ3v) is 8.04. The van der Waals surface area contributed by atoms with E-state index in [1.807, 2.05) is 32.2 Å². The van der Waals surface area contributed by atoms with Crippen molar-refractivity contribution in [3.8, 4) is 0 Å². The Balaban J connectivity index is 2.33. The third-order valence-electron chi connectivity index (χ3n) is 7.19. The standard InChI is InChI=1S/C28H40N2O5S/c1-17-9-8-10-18(2)26(33)20(4)27(34)28(5,6)23(31)14-25(32)35-22(12-11-17)19(3)13-21-16-36-24(30-21)15-29-7/h11,13,16,18,20,22-23,26,31,33H,8-10,12,14-15H2,1-6H3/b17-11-,19-13+/t18-,20+,22?,23?,26?/m0/s1. The summed E-state index contributed by atoms with van der Waals surface area (Å²) in [5.74, 6) is -1.58. The summed E-state index contributed by atoms with van der Waals surface area (Å²) in [6, 6.07) is 0. The molecule has 7 nitrogen and oxygen atoms in total. The quantitative estimate of drug-likeness (QED) is 0.318. The molecule has 0 spiro atoms. The minimum absolute atomic E-state index is 0.0636. The Kier molecular flexibility index (Phi) is 11.0. The summed E-state index contributed by atoms with van der Waals surface area (Å²) in [7, 11) is 0. The highest BCUT2D eigenvalue weighted by atomic mass is 32.1. The van der Waals surface area contributed by atoms with Gasteiger partial charge in [-0.05, 0) is 50.7 Å². The number of carbonyl (C=O) groups is 2. The van der Waals surface area contributed by atoms with Crippen LogP contribution in [-0.2, 0) is 20.9 Å². The smallest absolute Gasteiger partial charge is 0.309 e. The van der Waals surface area contributed by atoms with Crippen molar-refractivity contribution < 1.29 is 24.5 Å². The van der Waals surface area contributed by atoms with E-state index < -0.39 is 35.6 Å². The monoisotopic (exact) mass is 516 g/mol. The number of thiazole rings is 1. The van der Waals surface area contributed by atoms with Gasteiger partial charge in [-0.3, -0.25) is 9.59 Å². The summed E-state index contributed by atoms with van der Waals surface area (Å²) in [5, 5.41) is 24.2. The highest BCUT2D eigenvalue weighted by Crippen LogP contribution is 2.32. The molecular weight excluding hydrogens is 476 g/mol. The van der Waals surface area contributed by atoms with Crippen LogP contribution in [0.2, 0.25) is 0 Å². The predicted molar refractivity (Wildman–Crippen MR) is 142 cm³/mol. The van der Waals surface area contributed by atoms with Crippen LogP contribution in [0.5, 0.6) is 0 Å². The molecule has 2 rings (SSSR count). The maximum absolute atomic E-state index is 13.2. The normalized spacial score (nSPS) is 30.7. The van der Waals surface area contributed by atoms with Crippen LogP contribution in [0.1, 0.15) is 84.3 Å². The number of aliphatic hydroxyl groups excluding tert-OH is 2. The summed E-state index contributed by atoms with van der Waals surface area (Å²) in [5.41, 5.74) is 1.47. The van der Waals surface area contributed by atoms with Gasteiger partial charge in [-0.15, -0.1) is 11.3 Å². The summed E-state index contributed by atoms with van der Waals surface area (Å²) >= 11 is 1.42. The van der Waals surface area contributed by atoms with Gasteiger partial charge >= 0.3 is 5.97 Å². The van der Waals surface area contributed by atoms with Crippen molar-refractivity contribution in [3.05, 3.63) is 44.7 Å². The number of cyclic esters (lactones) is 1. The zero-order valence-electron chi connectivity index (χ0n) is 22.3. The number of nitrogens with zero attached hydrogens (tertiary/aromatic N) is 2. The van der Waals surface area contributed by atoms with Gasteiger partial charge in [0.1, 0.15) is 11.9 Å². The number of aromatic nitrogens is 1. The fourth-order valence-corrected chi connectivity index (χ4v) is 5.16. The van der Waals surface area contributed by atoms with Crippen LogP contribution in [0.15, 0.2) is 22.6 Å². The lowest BCUT2D eigenvalue weighted by atomic mass is 9.73. The number of aliphatic hydroxyl groups is 2. The number of hydrogen-bond donors (Lipinski definition) is 2. The Morgan fingerprint density at radius 2 is 2.03 bits per heavy atom. The second-order valence-electron chi connectivity index (χ2n) is 10.6. The van der Waals surface area contributed by atoms with E-state index in [-0.39, 0.29) is 24.7 Å². The van der Waals surface area contributed by atoms with E-state index in [1.165, 1.54) is 11.3 Å². The molecule has 0 bridgehead atoms. The Hall–Kier alpha value is -2.34. The Morgan fingerprint density at radius 3 is 2.69 bits per heavy atom. The number of Topliss-reactive ketones (excluding diaryl/α,β-unsaturated/α-hetero) is 1. The molecule has 36 heavy (non-hydrogen) atoms. The van der Waals surface area contributed by atoms with Crippen molar-refractivity contribution in [1.29, 1.82) is 0 Å². The SMILES string of the molecule is [C-]#[N+]Cc1nc(/C=C(\C)C2C/C=C(/C)CCC[C@H](C)C(O)[C@@H](C)C(=O)C(C)(C)C(O)CC(=O)O2)cs1. The second-order valence-corrected chi connectivity index (χ2v) is 11.5. The highest BCUT2D eigenvalue weighted by molar-refractivity contribution is 7.09. The van der Waals surface area contributed by atoms with E-state index in [0.29, 0.717) is 12.1 Å². The van der Waals surface area contributed by atoms with Crippen LogP contribution in [0.4, 0.5) is 0 Å². The summed E-state index contributed by atoms with van der Waals surface area (Å²) in [4.78, 5) is 33.9. The number of carbonyl (C=O) groups excluding carboxylic acids is 2. The largest absolute Gasteiger partial charge is 0.457 e. The van der Waals surface area contributed by atoms with Gasteiger partial charge in [0.25, 0.3) is 6.54 Å². The molecule has 2 heterocycles. The first kappa shape index (κ1) is 29.9. The first-order chi connectivity index (χ1) is 16.9. The molecule has 0 amide bonds. The Morgan fingerprint density at radius 1 is 1.33 bits per heavy atom. The Bertz CT molecular complexity index is 1020. The molecular formula is C28H40N2O5S. The lowest BCUT2D eigenvalue weighted by Crippen LogP contribution is -2.45. The van der Waals surface area contributed by atoms with Gasteiger partial charge in [0.05, 0.1) is 29.7 Å². The Labute approximate surface area is 219 Å². The minimum Gasteiger partial charge on any atom is -0.457 e. The molecule has 0 aliphatic carbocycles. The molecule has 3 unspecified atom stereocenters. The van der Waals surface area contributed by atoms with Gasteiger partial charge in [-0.1, -0.05) is 39.3 Å². The molecule has 0 radical (unpaired) electrons.